The highest BCUT2D eigenvalue weighted by Crippen LogP contribution is 2.26. The number of carbonyl (C=O) groups excluding carboxylic acids is 2. The van der Waals surface area contributed by atoms with E-state index in [1.165, 1.54) is 36.0 Å². The van der Waals surface area contributed by atoms with E-state index >= 15 is 0 Å². The van der Waals surface area contributed by atoms with Crippen LogP contribution in [0.5, 0.6) is 0 Å². The molecule has 2 amide bonds. The van der Waals surface area contributed by atoms with Crippen LogP contribution >= 0.6 is 23.4 Å². The molecule has 4 aromatic rings. The topological polar surface area (TPSA) is 95.5 Å². The summed E-state index contributed by atoms with van der Waals surface area (Å²) >= 11 is 6.99. The fourth-order valence-corrected chi connectivity index (χ4v) is 4.43. The lowest BCUT2D eigenvalue weighted by Crippen LogP contribution is -2.14. The number of fused-ring (bicyclic) bond motifs is 1. The van der Waals surface area contributed by atoms with Crippen molar-refractivity contribution in [2.24, 2.45) is 0 Å². The lowest BCUT2D eigenvalue weighted by Gasteiger charge is -2.11. The van der Waals surface area contributed by atoms with Crippen LogP contribution in [0.25, 0.3) is 10.8 Å². The van der Waals surface area contributed by atoms with E-state index in [-0.39, 0.29) is 27.8 Å². The Labute approximate surface area is 209 Å². The molecular weight excluding hydrogens is 491 g/mol. The van der Waals surface area contributed by atoms with Gasteiger partial charge in [0.25, 0.3) is 5.91 Å². The Hall–Kier alpha value is -3.88. The van der Waals surface area contributed by atoms with Crippen LogP contribution < -0.4 is 10.6 Å². The molecule has 176 valence electrons. The lowest BCUT2D eigenvalue weighted by molar-refractivity contribution is -0.113. The number of carboxylic acids is 1. The maximum atomic E-state index is 13.3. The summed E-state index contributed by atoms with van der Waals surface area (Å²) < 4.78 is 13.3. The summed E-state index contributed by atoms with van der Waals surface area (Å²) in [7, 11) is 0. The highest BCUT2D eigenvalue weighted by atomic mass is 35.5. The van der Waals surface area contributed by atoms with E-state index in [1.54, 1.807) is 54.6 Å². The summed E-state index contributed by atoms with van der Waals surface area (Å²) in [5, 5.41) is 15.9. The molecule has 0 bridgehead atoms. The van der Waals surface area contributed by atoms with Gasteiger partial charge in [0.2, 0.25) is 5.91 Å². The summed E-state index contributed by atoms with van der Waals surface area (Å²) in [5.74, 6) is -2.35. The Balaban J connectivity index is 1.45. The molecule has 6 nitrogen and oxygen atoms in total. The van der Waals surface area contributed by atoms with Gasteiger partial charge in [0.05, 0.1) is 16.3 Å². The molecule has 0 aliphatic rings. The minimum atomic E-state index is -1.12. The predicted octanol–water partition coefficient (Wildman–Crippen LogP) is 6.31. The number of amides is 2. The lowest BCUT2D eigenvalue weighted by atomic mass is 9.98. The number of carboxylic acid groups (broad SMARTS) is 1. The zero-order valence-corrected chi connectivity index (χ0v) is 19.6. The summed E-state index contributed by atoms with van der Waals surface area (Å²) in [5.41, 5.74) is 1.18. The number of benzene rings is 4. The Bertz CT molecular complexity index is 1460. The van der Waals surface area contributed by atoms with E-state index in [0.29, 0.717) is 22.1 Å². The standard InChI is InChI=1S/C26H18ClFN2O4S/c27-21-13-17(10-11-22(21)28)29-23(31)14-35-18-7-3-6-16(12-18)30-25(32)19-8-1-4-15-5-2-9-20(24(15)19)26(33)34/h1-13H,14H2,(H,29,31)(H,30,32)(H,33,34). The van der Waals surface area contributed by atoms with Crippen molar-refractivity contribution in [2.75, 3.05) is 16.4 Å². The normalized spacial score (nSPS) is 10.7. The number of carbonyl (C=O) groups is 3. The first-order valence-electron chi connectivity index (χ1n) is 10.4. The van der Waals surface area contributed by atoms with Crippen LogP contribution in [0.3, 0.4) is 0 Å². The van der Waals surface area contributed by atoms with Gasteiger partial charge < -0.3 is 15.7 Å². The molecular formula is C26H18ClFN2O4S. The van der Waals surface area contributed by atoms with Gasteiger partial charge in [-0.15, -0.1) is 11.8 Å². The maximum Gasteiger partial charge on any atom is 0.336 e. The molecule has 0 spiro atoms. The van der Waals surface area contributed by atoms with Crippen LogP contribution in [0.15, 0.2) is 83.8 Å². The number of thioether (sulfide) groups is 1. The molecule has 4 rings (SSSR count). The maximum absolute atomic E-state index is 13.3. The number of nitrogens with one attached hydrogen (secondary N) is 2. The number of rotatable bonds is 7. The molecule has 3 N–H and O–H groups in total. The minimum absolute atomic E-state index is 0.0472. The Morgan fingerprint density at radius 1 is 0.857 bits per heavy atom. The molecule has 0 fully saturated rings. The summed E-state index contributed by atoms with van der Waals surface area (Å²) in [6.45, 7) is 0. The van der Waals surface area contributed by atoms with Crippen LogP contribution in [-0.4, -0.2) is 28.6 Å². The highest BCUT2D eigenvalue weighted by molar-refractivity contribution is 8.00. The molecule has 4 aromatic carbocycles. The number of hydrogen-bond acceptors (Lipinski definition) is 4. The van der Waals surface area contributed by atoms with Crippen molar-refractivity contribution in [2.45, 2.75) is 4.90 Å². The van der Waals surface area contributed by atoms with E-state index in [0.717, 1.165) is 4.90 Å². The second-order valence-corrected chi connectivity index (χ2v) is 8.92. The number of hydrogen-bond donors (Lipinski definition) is 3. The fraction of sp³-hybridized carbons (Fsp3) is 0.0385. The summed E-state index contributed by atoms with van der Waals surface area (Å²) in [6, 6.07) is 20.7. The fourth-order valence-electron chi connectivity index (χ4n) is 3.49. The average Bonchev–Trinajstić information content (AvgIpc) is 2.84. The second-order valence-electron chi connectivity index (χ2n) is 7.46. The first kappa shape index (κ1) is 24.3. The van der Waals surface area contributed by atoms with E-state index in [4.69, 9.17) is 11.6 Å². The van der Waals surface area contributed by atoms with Gasteiger partial charge in [-0.2, -0.15) is 0 Å². The first-order chi connectivity index (χ1) is 16.8. The number of halogens is 2. The van der Waals surface area contributed by atoms with Gasteiger partial charge in [-0.05, 0) is 53.9 Å². The molecule has 0 aliphatic heterocycles. The number of aromatic carboxylic acids is 1. The van der Waals surface area contributed by atoms with E-state index in [2.05, 4.69) is 10.6 Å². The molecule has 0 aromatic heterocycles. The SMILES string of the molecule is O=C(CSc1cccc(NC(=O)c2cccc3cccc(C(=O)O)c23)c1)Nc1ccc(F)c(Cl)c1. The van der Waals surface area contributed by atoms with Crippen molar-refractivity contribution >= 4 is 63.3 Å². The molecule has 35 heavy (non-hydrogen) atoms. The van der Waals surface area contributed by atoms with Crippen LogP contribution in [0.1, 0.15) is 20.7 Å². The van der Waals surface area contributed by atoms with Crippen molar-refractivity contribution in [1.29, 1.82) is 0 Å². The largest absolute Gasteiger partial charge is 0.478 e. The van der Waals surface area contributed by atoms with Gasteiger partial charge >= 0.3 is 5.97 Å². The van der Waals surface area contributed by atoms with Crippen LogP contribution in [0, 0.1) is 5.82 Å². The monoisotopic (exact) mass is 508 g/mol. The molecule has 9 heteroatoms. The summed E-state index contributed by atoms with van der Waals surface area (Å²) in [4.78, 5) is 37.7. The first-order valence-corrected chi connectivity index (χ1v) is 11.7. The van der Waals surface area contributed by atoms with Crippen LogP contribution in [0.2, 0.25) is 5.02 Å². The second kappa shape index (κ2) is 10.6. The van der Waals surface area contributed by atoms with Crippen molar-refractivity contribution in [3.05, 3.63) is 101 Å². The van der Waals surface area contributed by atoms with Gasteiger partial charge in [-0.25, -0.2) is 9.18 Å². The van der Waals surface area contributed by atoms with E-state index in [9.17, 15) is 23.9 Å². The molecule has 0 radical (unpaired) electrons. The third kappa shape index (κ3) is 5.79. The highest BCUT2D eigenvalue weighted by Gasteiger charge is 2.17. The van der Waals surface area contributed by atoms with Gasteiger partial charge in [-0.3, -0.25) is 9.59 Å². The molecule has 0 atom stereocenters. The van der Waals surface area contributed by atoms with E-state index in [1.807, 2.05) is 0 Å². The molecule has 0 unspecified atom stereocenters. The smallest absolute Gasteiger partial charge is 0.336 e. The Morgan fingerprint density at radius 2 is 1.54 bits per heavy atom. The quantitative estimate of drug-likeness (QED) is 0.254. The zero-order valence-electron chi connectivity index (χ0n) is 18.0. The van der Waals surface area contributed by atoms with Crippen molar-refractivity contribution < 1.29 is 23.9 Å². The van der Waals surface area contributed by atoms with Gasteiger partial charge in [-0.1, -0.05) is 41.9 Å². The minimum Gasteiger partial charge on any atom is -0.478 e. The van der Waals surface area contributed by atoms with Crippen molar-refractivity contribution in [1.82, 2.24) is 0 Å². The van der Waals surface area contributed by atoms with Crippen molar-refractivity contribution in [3.63, 3.8) is 0 Å². The van der Waals surface area contributed by atoms with Crippen LogP contribution in [-0.2, 0) is 4.79 Å². The summed E-state index contributed by atoms with van der Waals surface area (Å²) in [6.07, 6.45) is 0. The predicted molar refractivity (Wildman–Crippen MR) is 136 cm³/mol. The van der Waals surface area contributed by atoms with Crippen molar-refractivity contribution in [3.8, 4) is 0 Å². The molecule has 0 heterocycles. The van der Waals surface area contributed by atoms with Gasteiger partial charge in [0.15, 0.2) is 0 Å². The third-order valence-electron chi connectivity index (χ3n) is 5.04. The van der Waals surface area contributed by atoms with Gasteiger partial charge in [0.1, 0.15) is 5.82 Å². The Kier molecular flexibility index (Phi) is 7.33. The average molecular weight is 509 g/mol. The molecule has 0 aliphatic carbocycles. The Morgan fingerprint density at radius 3 is 2.26 bits per heavy atom. The van der Waals surface area contributed by atoms with E-state index < -0.39 is 17.7 Å². The van der Waals surface area contributed by atoms with Gasteiger partial charge in [0, 0.05) is 27.2 Å². The zero-order chi connectivity index (χ0) is 24.9. The third-order valence-corrected chi connectivity index (χ3v) is 6.33. The molecule has 0 saturated heterocycles. The number of anilines is 2. The van der Waals surface area contributed by atoms with Crippen LogP contribution in [0.4, 0.5) is 15.8 Å². The molecule has 0 saturated carbocycles.